The lowest BCUT2D eigenvalue weighted by Crippen LogP contribution is -2.66. The summed E-state index contributed by atoms with van der Waals surface area (Å²) in [6, 6.07) is -1.01. The molecule has 17 unspecified atom stereocenters. The van der Waals surface area contributed by atoms with Crippen LogP contribution in [0.2, 0.25) is 0 Å². The van der Waals surface area contributed by atoms with Crippen LogP contribution in [0.5, 0.6) is 0 Å². The first-order chi connectivity index (χ1) is 39.3. The van der Waals surface area contributed by atoms with Gasteiger partial charge in [-0.05, 0) is 83.5 Å². The molecule has 0 spiro atoms. The van der Waals surface area contributed by atoms with Gasteiger partial charge in [0.2, 0.25) is 5.91 Å². The van der Waals surface area contributed by atoms with E-state index in [0.29, 0.717) is 12.8 Å². The minimum atomic E-state index is -1.99. The molecule has 3 aliphatic rings. The Balaban J connectivity index is 1.52. The zero-order valence-electron chi connectivity index (χ0n) is 48.7. The number of aliphatic hydroxyl groups excluding tert-OH is 11. The van der Waals surface area contributed by atoms with E-state index in [0.717, 1.165) is 83.5 Å². The zero-order chi connectivity index (χ0) is 59.0. The van der Waals surface area contributed by atoms with Crippen molar-refractivity contribution >= 4 is 5.91 Å². The molecule has 468 valence electrons. The molecule has 17 atom stereocenters. The van der Waals surface area contributed by atoms with Crippen LogP contribution in [0, 0.1) is 0 Å². The van der Waals surface area contributed by atoms with Crippen LogP contribution in [-0.4, -0.2) is 193 Å². The van der Waals surface area contributed by atoms with Crippen LogP contribution in [0.25, 0.3) is 0 Å². The number of hydrogen-bond acceptors (Lipinski definition) is 18. The summed E-state index contributed by atoms with van der Waals surface area (Å²) in [6.45, 7) is 1.63. The van der Waals surface area contributed by atoms with Crippen LogP contribution >= 0.6 is 0 Å². The van der Waals surface area contributed by atoms with Crippen molar-refractivity contribution in [1.29, 1.82) is 0 Å². The van der Waals surface area contributed by atoms with E-state index in [1.165, 1.54) is 64.2 Å². The quantitative estimate of drug-likeness (QED) is 0.0253. The van der Waals surface area contributed by atoms with E-state index in [1.807, 2.05) is 6.08 Å². The molecule has 1 amide bonds. The molecule has 3 rings (SSSR count). The van der Waals surface area contributed by atoms with E-state index in [9.17, 15) is 61.0 Å². The molecule has 3 fully saturated rings. The standard InChI is InChI=1S/C62H107NO18/c1-3-5-7-9-11-13-15-17-19-21-22-24-26-28-30-32-34-36-38-40-50(68)63-45(46(67)39-37-35-33-31-29-27-25-23-20-18-16-14-12-10-8-6-4-2)44-76-60-56(74)53(71)58(48(42-65)78-60)81-62-57(75)54(72)59(49(43-66)79-62)80-61-55(73)52(70)51(69)47(41-64)77-61/h11,13,17,19-20,22-24,29,31,37,39,45-49,51-62,64-67,69-75H,3-10,12,14-16,18,21,25-28,30,32-36,38,40-44H2,1-2H3,(H,63,68)/b13-11-,19-17-,23-20+,24-22-,31-29+,39-37+. The molecular weight excluding hydrogens is 1050 g/mol. The second kappa shape index (κ2) is 44.7. The first-order valence-corrected chi connectivity index (χ1v) is 30.7. The molecule has 81 heavy (non-hydrogen) atoms. The number of allylic oxidation sites excluding steroid dienone is 11. The van der Waals surface area contributed by atoms with Crippen LogP contribution in [0.4, 0.5) is 0 Å². The van der Waals surface area contributed by atoms with Crippen LogP contribution in [0.1, 0.15) is 181 Å². The van der Waals surface area contributed by atoms with Gasteiger partial charge in [0.1, 0.15) is 73.2 Å². The average Bonchev–Trinajstić information content (AvgIpc) is 3.51. The third kappa shape index (κ3) is 28.3. The van der Waals surface area contributed by atoms with Gasteiger partial charge in [-0.2, -0.15) is 0 Å². The van der Waals surface area contributed by atoms with Crippen molar-refractivity contribution < 1.29 is 89.4 Å². The lowest BCUT2D eigenvalue weighted by atomic mass is 9.96. The van der Waals surface area contributed by atoms with Gasteiger partial charge in [-0.25, -0.2) is 0 Å². The summed E-state index contributed by atoms with van der Waals surface area (Å²) in [7, 11) is 0. The molecule has 0 radical (unpaired) electrons. The Morgan fingerprint density at radius 3 is 1.35 bits per heavy atom. The number of carbonyl (C=O) groups excluding carboxylic acids is 1. The monoisotopic (exact) mass is 1150 g/mol. The molecule has 0 bridgehead atoms. The number of hydrogen-bond donors (Lipinski definition) is 12. The average molecular weight is 1150 g/mol. The van der Waals surface area contributed by atoms with Crippen molar-refractivity contribution in [1.82, 2.24) is 5.32 Å². The second-order valence-electron chi connectivity index (χ2n) is 21.8. The van der Waals surface area contributed by atoms with Crippen LogP contribution in [-0.2, 0) is 33.2 Å². The summed E-state index contributed by atoms with van der Waals surface area (Å²) >= 11 is 0. The second-order valence-corrected chi connectivity index (χ2v) is 21.8. The number of carbonyl (C=O) groups is 1. The molecular formula is C62H107NO18. The van der Waals surface area contributed by atoms with Crippen molar-refractivity contribution in [2.45, 2.75) is 285 Å². The SMILES string of the molecule is CCCCC/C=C\C/C=C\C/C=C\CCCCCCCCC(=O)NC(COC1OC(CO)C(OC2OC(CO)C(OC3OC(CO)C(O)C(O)C3O)C(O)C2O)C(O)C1O)C(O)/C=C/CC/C=C/CC/C=C/CCCCCCCCC. The van der Waals surface area contributed by atoms with Gasteiger partial charge in [-0.3, -0.25) is 4.79 Å². The Morgan fingerprint density at radius 1 is 0.444 bits per heavy atom. The van der Waals surface area contributed by atoms with E-state index >= 15 is 0 Å². The first-order valence-electron chi connectivity index (χ1n) is 30.7. The maximum atomic E-state index is 13.3. The summed E-state index contributed by atoms with van der Waals surface area (Å²) in [5.41, 5.74) is 0. The number of ether oxygens (including phenoxy) is 6. The minimum absolute atomic E-state index is 0.214. The Morgan fingerprint density at radius 2 is 0.827 bits per heavy atom. The van der Waals surface area contributed by atoms with Crippen molar-refractivity contribution in [2.75, 3.05) is 26.4 Å². The molecule has 0 aromatic carbocycles. The molecule has 0 aliphatic carbocycles. The molecule has 0 aromatic heterocycles. The van der Waals surface area contributed by atoms with Crippen LogP contribution < -0.4 is 5.32 Å². The molecule has 3 heterocycles. The van der Waals surface area contributed by atoms with Crippen molar-refractivity contribution in [3.63, 3.8) is 0 Å². The third-order valence-corrected chi connectivity index (χ3v) is 15.0. The molecule has 3 aliphatic heterocycles. The van der Waals surface area contributed by atoms with Crippen LogP contribution in [0.15, 0.2) is 72.9 Å². The van der Waals surface area contributed by atoms with Crippen molar-refractivity contribution in [2.24, 2.45) is 0 Å². The summed E-state index contributed by atoms with van der Waals surface area (Å²) in [6.07, 6.45) is 25.9. The number of amides is 1. The Hall–Kier alpha value is -2.77. The summed E-state index contributed by atoms with van der Waals surface area (Å²) in [5, 5.41) is 120. The minimum Gasteiger partial charge on any atom is -0.394 e. The lowest BCUT2D eigenvalue weighted by Gasteiger charge is -2.48. The number of aliphatic hydroxyl groups is 11. The van der Waals surface area contributed by atoms with Gasteiger partial charge in [0.25, 0.3) is 0 Å². The van der Waals surface area contributed by atoms with Gasteiger partial charge in [-0.1, -0.05) is 164 Å². The highest BCUT2D eigenvalue weighted by Gasteiger charge is 2.53. The predicted octanol–water partition coefficient (Wildman–Crippen LogP) is 5.82. The van der Waals surface area contributed by atoms with E-state index in [2.05, 4.69) is 79.9 Å². The highest BCUT2D eigenvalue weighted by molar-refractivity contribution is 5.76. The van der Waals surface area contributed by atoms with Gasteiger partial charge in [0.15, 0.2) is 18.9 Å². The van der Waals surface area contributed by atoms with E-state index in [-0.39, 0.29) is 18.9 Å². The Kier molecular flexibility index (Phi) is 40.0. The highest BCUT2D eigenvalue weighted by atomic mass is 16.8. The van der Waals surface area contributed by atoms with Crippen molar-refractivity contribution in [3.05, 3.63) is 72.9 Å². The summed E-state index contributed by atoms with van der Waals surface area (Å²) in [5.74, 6) is -0.306. The van der Waals surface area contributed by atoms with Gasteiger partial charge in [-0.15, -0.1) is 0 Å². The third-order valence-electron chi connectivity index (χ3n) is 15.0. The number of nitrogens with one attached hydrogen (secondary N) is 1. The highest BCUT2D eigenvalue weighted by Crippen LogP contribution is 2.33. The number of rotatable bonds is 44. The molecule has 12 N–H and O–H groups in total. The summed E-state index contributed by atoms with van der Waals surface area (Å²) in [4.78, 5) is 13.3. The summed E-state index contributed by atoms with van der Waals surface area (Å²) < 4.78 is 34.2. The van der Waals surface area contributed by atoms with Gasteiger partial charge in [0, 0.05) is 6.42 Å². The fraction of sp³-hybridized carbons (Fsp3) is 0.790. The maximum absolute atomic E-state index is 13.3. The molecule has 0 aromatic rings. The number of unbranched alkanes of at least 4 members (excludes halogenated alkanes) is 18. The largest absolute Gasteiger partial charge is 0.394 e. The Labute approximate surface area is 483 Å². The van der Waals surface area contributed by atoms with E-state index < -0.39 is 124 Å². The maximum Gasteiger partial charge on any atom is 0.220 e. The Bertz CT molecular complexity index is 1760. The van der Waals surface area contributed by atoms with Crippen molar-refractivity contribution in [3.8, 4) is 0 Å². The van der Waals surface area contributed by atoms with E-state index in [1.54, 1.807) is 6.08 Å². The topological polar surface area (TPSA) is 307 Å². The zero-order valence-corrected chi connectivity index (χ0v) is 48.7. The predicted molar refractivity (Wildman–Crippen MR) is 309 cm³/mol. The smallest absolute Gasteiger partial charge is 0.220 e. The normalized spacial score (nSPS) is 30.3. The first kappa shape index (κ1) is 72.5. The van der Waals surface area contributed by atoms with Crippen LogP contribution in [0.3, 0.4) is 0 Å². The molecule has 3 saturated heterocycles. The van der Waals surface area contributed by atoms with Gasteiger partial charge in [0.05, 0.1) is 38.6 Å². The molecule has 0 saturated carbocycles. The van der Waals surface area contributed by atoms with E-state index in [4.69, 9.17) is 28.4 Å². The van der Waals surface area contributed by atoms with Gasteiger partial charge < -0.3 is 89.9 Å². The fourth-order valence-electron chi connectivity index (χ4n) is 9.87. The molecule has 19 nitrogen and oxygen atoms in total. The fourth-order valence-corrected chi connectivity index (χ4v) is 9.87. The lowest BCUT2D eigenvalue weighted by molar-refractivity contribution is -0.379. The van der Waals surface area contributed by atoms with Gasteiger partial charge >= 0.3 is 0 Å². The molecule has 19 heteroatoms.